The van der Waals surface area contributed by atoms with Crippen LogP contribution >= 0.6 is 15.9 Å². The second-order valence-electron chi connectivity index (χ2n) is 6.37. The summed E-state index contributed by atoms with van der Waals surface area (Å²) in [5.41, 5.74) is 1.52. The Kier molecular flexibility index (Phi) is 7.45. The molecule has 1 aromatic heterocycles. The molecule has 0 saturated carbocycles. The maximum absolute atomic E-state index is 11.6. The van der Waals surface area contributed by atoms with Gasteiger partial charge in [0.15, 0.2) is 0 Å². The number of carbonyl (C=O) groups is 1. The molecule has 1 heterocycles. The molecule has 6 heteroatoms. The Labute approximate surface area is 163 Å². The Morgan fingerprint density at radius 2 is 2.04 bits per heavy atom. The molecular weight excluding hydrogens is 396 g/mol. The number of nitrogens with zero attached hydrogens (tertiary/aromatic N) is 2. The van der Waals surface area contributed by atoms with E-state index in [-0.39, 0.29) is 5.97 Å². The van der Waals surface area contributed by atoms with Crippen molar-refractivity contribution in [3.63, 3.8) is 0 Å². The summed E-state index contributed by atoms with van der Waals surface area (Å²) >= 11 is 3.54. The van der Waals surface area contributed by atoms with E-state index in [0.29, 0.717) is 24.6 Å². The third-order valence-corrected chi connectivity index (χ3v) is 4.32. The van der Waals surface area contributed by atoms with E-state index in [2.05, 4.69) is 52.7 Å². The van der Waals surface area contributed by atoms with Crippen LogP contribution in [0.2, 0.25) is 0 Å². The predicted molar refractivity (Wildman–Crippen MR) is 107 cm³/mol. The highest BCUT2D eigenvalue weighted by atomic mass is 79.9. The summed E-state index contributed by atoms with van der Waals surface area (Å²) in [4.78, 5) is 18.1. The van der Waals surface area contributed by atoms with Gasteiger partial charge in [-0.15, -0.1) is 0 Å². The number of ether oxygens (including phenoxy) is 2. The van der Waals surface area contributed by atoms with Crippen molar-refractivity contribution < 1.29 is 14.3 Å². The van der Waals surface area contributed by atoms with Gasteiger partial charge >= 0.3 is 5.97 Å². The van der Waals surface area contributed by atoms with E-state index in [1.165, 1.54) is 7.11 Å². The molecule has 26 heavy (non-hydrogen) atoms. The fraction of sp³-hybridized carbons (Fsp3) is 0.400. The number of hydrogen-bond acceptors (Lipinski definition) is 5. The number of carbonyl (C=O) groups excluding carboxylic acids is 1. The molecule has 5 nitrogen and oxygen atoms in total. The number of hydrogen-bond donors (Lipinski definition) is 0. The fourth-order valence-corrected chi connectivity index (χ4v) is 2.85. The molecule has 0 fully saturated rings. The summed E-state index contributed by atoms with van der Waals surface area (Å²) in [6.45, 7) is 8.44. The van der Waals surface area contributed by atoms with Gasteiger partial charge in [-0.05, 0) is 43.2 Å². The Balaban J connectivity index is 2.21. The lowest BCUT2D eigenvalue weighted by atomic mass is 10.1. The average Bonchev–Trinajstić information content (AvgIpc) is 2.64. The second-order valence-corrected chi connectivity index (χ2v) is 7.28. The van der Waals surface area contributed by atoms with E-state index in [1.54, 1.807) is 12.3 Å². The van der Waals surface area contributed by atoms with Gasteiger partial charge in [0.1, 0.15) is 11.6 Å². The Bertz CT molecular complexity index is 732. The third kappa shape index (κ3) is 5.46. The van der Waals surface area contributed by atoms with E-state index in [0.717, 1.165) is 28.1 Å². The van der Waals surface area contributed by atoms with Gasteiger partial charge in [-0.25, -0.2) is 9.78 Å². The molecule has 0 aliphatic carbocycles. The normalized spacial score (nSPS) is 10.7. The summed E-state index contributed by atoms with van der Waals surface area (Å²) in [7, 11) is 1.36. The van der Waals surface area contributed by atoms with Gasteiger partial charge in [-0.2, -0.15) is 0 Å². The minimum Gasteiger partial charge on any atom is -0.493 e. The third-order valence-electron chi connectivity index (χ3n) is 3.83. The summed E-state index contributed by atoms with van der Waals surface area (Å²) in [6.07, 6.45) is 1.54. The first kappa shape index (κ1) is 20.2. The zero-order chi connectivity index (χ0) is 19.1. The van der Waals surface area contributed by atoms with Crippen LogP contribution in [0.25, 0.3) is 0 Å². The number of aromatic nitrogens is 1. The number of rotatable bonds is 8. The highest BCUT2D eigenvalue weighted by Gasteiger charge is 2.13. The number of methoxy groups -OCH3 is 1. The molecule has 140 valence electrons. The topological polar surface area (TPSA) is 51.7 Å². The van der Waals surface area contributed by atoms with Gasteiger partial charge in [0, 0.05) is 29.3 Å². The molecule has 0 radical (unpaired) electrons. The van der Waals surface area contributed by atoms with Crippen LogP contribution in [0.1, 0.15) is 36.7 Å². The van der Waals surface area contributed by atoms with Crippen LogP contribution in [-0.4, -0.2) is 31.2 Å². The minimum atomic E-state index is -0.386. The van der Waals surface area contributed by atoms with Gasteiger partial charge in [-0.1, -0.05) is 29.8 Å². The lowest BCUT2D eigenvalue weighted by Crippen LogP contribution is -2.23. The molecule has 0 amide bonds. The van der Waals surface area contributed by atoms with E-state index in [9.17, 15) is 4.79 Å². The Morgan fingerprint density at radius 3 is 2.62 bits per heavy atom. The maximum atomic E-state index is 11.6. The lowest BCUT2D eigenvalue weighted by Gasteiger charge is -2.24. The monoisotopic (exact) mass is 420 g/mol. The van der Waals surface area contributed by atoms with Gasteiger partial charge in [-0.3, -0.25) is 0 Å². The number of pyridine rings is 1. The minimum absolute atomic E-state index is 0.386. The van der Waals surface area contributed by atoms with Gasteiger partial charge in [0.05, 0.1) is 19.3 Å². The number of halogens is 1. The number of benzene rings is 1. The number of esters is 1. The van der Waals surface area contributed by atoms with E-state index < -0.39 is 0 Å². The van der Waals surface area contributed by atoms with Crippen molar-refractivity contribution in [1.29, 1.82) is 0 Å². The fourth-order valence-electron chi connectivity index (χ4n) is 2.44. The summed E-state index contributed by atoms with van der Waals surface area (Å²) in [5.74, 6) is 1.76. The molecule has 2 rings (SSSR count). The van der Waals surface area contributed by atoms with Crippen LogP contribution in [0.5, 0.6) is 5.75 Å². The first-order chi connectivity index (χ1) is 12.4. The van der Waals surface area contributed by atoms with E-state index in [1.807, 2.05) is 18.2 Å². The second kappa shape index (κ2) is 9.57. The van der Waals surface area contributed by atoms with Crippen molar-refractivity contribution in [3.8, 4) is 5.75 Å². The summed E-state index contributed by atoms with van der Waals surface area (Å²) in [5, 5.41) is 0. The summed E-state index contributed by atoms with van der Waals surface area (Å²) in [6, 6.07) is 9.61. The Morgan fingerprint density at radius 1 is 1.27 bits per heavy atom. The average molecular weight is 421 g/mol. The maximum Gasteiger partial charge on any atom is 0.339 e. The molecule has 0 unspecified atom stereocenters. The molecule has 0 N–H and O–H groups in total. The van der Waals surface area contributed by atoms with Crippen molar-refractivity contribution in [3.05, 3.63) is 52.1 Å². The largest absolute Gasteiger partial charge is 0.493 e. The predicted octanol–water partition coefficient (Wildman–Crippen LogP) is 4.69. The smallest absolute Gasteiger partial charge is 0.339 e. The molecule has 1 aromatic carbocycles. The van der Waals surface area contributed by atoms with Gasteiger partial charge < -0.3 is 14.4 Å². The van der Waals surface area contributed by atoms with Crippen LogP contribution < -0.4 is 9.64 Å². The molecule has 0 bridgehead atoms. The molecular formula is C20H25BrN2O3. The van der Waals surface area contributed by atoms with Crippen molar-refractivity contribution in [2.24, 2.45) is 5.92 Å². The molecule has 0 aliphatic rings. The van der Waals surface area contributed by atoms with Crippen LogP contribution in [-0.2, 0) is 11.3 Å². The van der Waals surface area contributed by atoms with Crippen molar-refractivity contribution in [1.82, 2.24) is 4.98 Å². The standard InChI is InChI=1S/C20H25BrN2O3/c1-5-23(19-9-6-15(11-22-19)20(24)25-4)12-16-10-17(21)7-8-18(16)26-13-14(2)3/h6-11,14H,5,12-13H2,1-4H3. The van der Waals surface area contributed by atoms with Crippen LogP contribution in [0, 0.1) is 5.92 Å². The molecule has 0 saturated heterocycles. The summed E-state index contributed by atoms with van der Waals surface area (Å²) < 4.78 is 11.7. The van der Waals surface area contributed by atoms with Crippen LogP contribution in [0.3, 0.4) is 0 Å². The zero-order valence-corrected chi connectivity index (χ0v) is 17.2. The van der Waals surface area contributed by atoms with Gasteiger partial charge in [0.25, 0.3) is 0 Å². The molecule has 0 atom stereocenters. The first-order valence-electron chi connectivity index (χ1n) is 8.65. The first-order valence-corrected chi connectivity index (χ1v) is 9.44. The van der Waals surface area contributed by atoms with Crippen LogP contribution in [0.15, 0.2) is 41.0 Å². The van der Waals surface area contributed by atoms with E-state index >= 15 is 0 Å². The quantitative estimate of drug-likeness (QED) is 0.579. The van der Waals surface area contributed by atoms with Crippen molar-refractivity contribution in [2.45, 2.75) is 27.3 Å². The highest BCUT2D eigenvalue weighted by molar-refractivity contribution is 9.10. The number of anilines is 1. The Hall–Kier alpha value is -2.08. The van der Waals surface area contributed by atoms with Crippen molar-refractivity contribution >= 4 is 27.7 Å². The highest BCUT2D eigenvalue weighted by Crippen LogP contribution is 2.26. The molecule has 2 aromatic rings. The van der Waals surface area contributed by atoms with Crippen LogP contribution in [0.4, 0.5) is 5.82 Å². The van der Waals surface area contributed by atoms with E-state index in [4.69, 9.17) is 9.47 Å². The lowest BCUT2D eigenvalue weighted by molar-refractivity contribution is 0.0600. The van der Waals surface area contributed by atoms with Gasteiger partial charge in [0.2, 0.25) is 0 Å². The zero-order valence-electron chi connectivity index (χ0n) is 15.7. The van der Waals surface area contributed by atoms with Crippen molar-refractivity contribution in [2.75, 3.05) is 25.2 Å². The SMILES string of the molecule is CCN(Cc1cc(Br)ccc1OCC(C)C)c1ccc(C(=O)OC)cn1. The molecule has 0 spiro atoms. The molecule has 0 aliphatic heterocycles.